The van der Waals surface area contributed by atoms with Crippen LogP contribution >= 0.6 is 7.82 Å². The minimum atomic E-state index is -4.41. The summed E-state index contributed by atoms with van der Waals surface area (Å²) in [6, 6.07) is 0. The van der Waals surface area contributed by atoms with Crippen LogP contribution < -0.4 is 0 Å². The number of aliphatic hydroxyl groups excluding tert-OH is 1. The second kappa shape index (κ2) is 37.3. The third-order valence-electron chi connectivity index (χ3n) is 11.2. The van der Waals surface area contributed by atoms with E-state index in [2.05, 4.69) is 63.3 Å². The summed E-state index contributed by atoms with van der Waals surface area (Å²) in [7, 11) is 1.40. The van der Waals surface area contributed by atoms with E-state index in [-0.39, 0.29) is 32.2 Å². The summed E-state index contributed by atoms with van der Waals surface area (Å²) in [6.45, 7) is 8.41. The maximum atomic E-state index is 12.7. The molecule has 1 unspecified atom stereocenters. The highest BCUT2D eigenvalue weighted by molar-refractivity contribution is 7.47. The molecule has 0 saturated heterocycles. The average molecular weight is 921 g/mol. The molecule has 0 aromatic carbocycles. The molecule has 11 nitrogen and oxygen atoms in total. The van der Waals surface area contributed by atoms with E-state index in [1.165, 1.54) is 80.4 Å². The van der Waals surface area contributed by atoms with Gasteiger partial charge in [-0.2, -0.15) is 0 Å². The Morgan fingerprint density at radius 1 is 0.656 bits per heavy atom. The zero-order valence-electron chi connectivity index (χ0n) is 41.3. The number of carbonyl (C=O) groups excluding carboxylic acids is 2. The lowest BCUT2D eigenvalue weighted by atomic mass is 10.0. The Morgan fingerprint density at radius 3 is 1.70 bits per heavy atom. The number of phosphoric ester groups is 1. The highest BCUT2D eigenvalue weighted by Gasteiger charge is 2.27. The number of rotatable bonds is 41. The first kappa shape index (κ1) is 59.2. The van der Waals surface area contributed by atoms with E-state index >= 15 is 0 Å². The van der Waals surface area contributed by atoms with Gasteiger partial charge in [-0.25, -0.2) is 4.57 Å². The van der Waals surface area contributed by atoms with Crippen LogP contribution in [0, 0.1) is 13.8 Å². The molecule has 368 valence electrons. The zero-order chi connectivity index (χ0) is 47.3. The van der Waals surface area contributed by atoms with Crippen molar-refractivity contribution >= 4 is 19.8 Å². The summed E-state index contributed by atoms with van der Waals surface area (Å²) in [5.74, 6) is 1.47. The van der Waals surface area contributed by atoms with Gasteiger partial charge in [-0.1, -0.05) is 127 Å². The first-order chi connectivity index (χ1) is 30.7. The molecule has 1 aromatic rings. The maximum absolute atomic E-state index is 12.7. The van der Waals surface area contributed by atoms with Gasteiger partial charge >= 0.3 is 19.8 Å². The van der Waals surface area contributed by atoms with Crippen molar-refractivity contribution in [2.45, 2.75) is 200 Å². The Balaban J connectivity index is 2.34. The smallest absolute Gasteiger partial charge is 0.466 e. The number of hydrogen-bond acceptors (Lipinski definition) is 9. The average Bonchev–Trinajstić information content (AvgIpc) is 3.51. The number of likely N-dealkylation sites (N-methyl/N-ethyl adjacent to an activating group) is 1. The molecule has 0 spiro atoms. The molecular formula is C52H91NO10P+. The molecule has 0 aliphatic carbocycles. The molecule has 12 heteroatoms. The van der Waals surface area contributed by atoms with Gasteiger partial charge < -0.3 is 28.4 Å². The van der Waals surface area contributed by atoms with Crippen molar-refractivity contribution in [3.05, 3.63) is 71.3 Å². The Morgan fingerprint density at radius 2 is 1.16 bits per heavy atom. The third kappa shape index (κ3) is 33.7. The van der Waals surface area contributed by atoms with Gasteiger partial charge in [-0.15, -0.1) is 0 Å². The minimum Gasteiger partial charge on any atom is -0.466 e. The number of hydrogen-bond donors (Lipinski definition) is 2. The highest BCUT2D eigenvalue weighted by Crippen LogP contribution is 2.43. The van der Waals surface area contributed by atoms with Gasteiger partial charge in [0, 0.05) is 25.7 Å². The molecule has 64 heavy (non-hydrogen) atoms. The quantitative estimate of drug-likeness (QED) is 0.0214. The number of aryl methyl sites for hydroxylation is 2. The summed E-state index contributed by atoms with van der Waals surface area (Å²) in [6.07, 6.45) is 39.3. The second-order valence-electron chi connectivity index (χ2n) is 18.2. The normalized spacial score (nSPS) is 14.3. The molecule has 3 atom stereocenters. The van der Waals surface area contributed by atoms with Gasteiger partial charge in [-0.3, -0.25) is 18.6 Å². The van der Waals surface area contributed by atoms with Crippen LogP contribution in [0.4, 0.5) is 0 Å². The fourth-order valence-corrected chi connectivity index (χ4v) is 7.61. The molecule has 1 rings (SSSR count). The van der Waals surface area contributed by atoms with Crippen molar-refractivity contribution < 1.29 is 51.6 Å². The molecule has 0 fully saturated rings. The molecule has 0 aliphatic heterocycles. The van der Waals surface area contributed by atoms with E-state index in [9.17, 15) is 24.2 Å². The van der Waals surface area contributed by atoms with Gasteiger partial charge in [-0.05, 0) is 95.6 Å². The van der Waals surface area contributed by atoms with Crippen molar-refractivity contribution in [1.29, 1.82) is 0 Å². The molecule has 0 amide bonds. The summed E-state index contributed by atoms with van der Waals surface area (Å²) < 4.78 is 40.6. The number of nitrogens with zero attached hydrogens (tertiary/aromatic N) is 1. The highest BCUT2D eigenvalue weighted by atomic mass is 31.2. The van der Waals surface area contributed by atoms with E-state index in [0.29, 0.717) is 30.3 Å². The molecule has 1 aromatic heterocycles. The van der Waals surface area contributed by atoms with Crippen molar-refractivity contribution in [1.82, 2.24) is 0 Å². The van der Waals surface area contributed by atoms with Gasteiger partial charge in [0.2, 0.25) is 0 Å². The third-order valence-corrected chi connectivity index (χ3v) is 12.2. The first-order valence-electron chi connectivity index (χ1n) is 24.8. The van der Waals surface area contributed by atoms with Crippen LogP contribution in [0.1, 0.15) is 184 Å². The number of aliphatic hydroxyl groups is 1. The topological polar surface area (TPSA) is 142 Å². The van der Waals surface area contributed by atoms with Crippen LogP contribution in [0.25, 0.3) is 0 Å². The zero-order valence-corrected chi connectivity index (χ0v) is 42.2. The SMILES string of the molecule is CCCCCc1oc(CCCCCCCCCCCCC(=O)OC[C@H](COP(=O)(O)OCC[N+](C)(C)C)OC(=O)CCC/C=C\C/C=C\C/C=C\C/C=C\CC[C@H](O)CC)c(C)c1C. The molecular weight excluding hydrogens is 830 g/mol. The van der Waals surface area contributed by atoms with Crippen LogP contribution in [0.5, 0.6) is 0 Å². The van der Waals surface area contributed by atoms with Crippen molar-refractivity contribution in [2.75, 3.05) is 47.5 Å². The van der Waals surface area contributed by atoms with Gasteiger partial charge in [0.25, 0.3) is 0 Å². The summed E-state index contributed by atoms with van der Waals surface area (Å²) >= 11 is 0. The van der Waals surface area contributed by atoms with Crippen LogP contribution in [0.2, 0.25) is 0 Å². The fourth-order valence-electron chi connectivity index (χ4n) is 6.87. The van der Waals surface area contributed by atoms with E-state index in [1.807, 2.05) is 34.1 Å². The first-order valence-corrected chi connectivity index (χ1v) is 26.3. The van der Waals surface area contributed by atoms with Crippen molar-refractivity contribution in [3.63, 3.8) is 0 Å². The Labute approximate surface area is 389 Å². The van der Waals surface area contributed by atoms with Gasteiger partial charge in [0.15, 0.2) is 6.10 Å². The Hall–Kier alpha value is -2.79. The summed E-state index contributed by atoms with van der Waals surface area (Å²) in [4.78, 5) is 35.6. The Bertz CT molecular complexity index is 1520. The van der Waals surface area contributed by atoms with Gasteiger partial charge in [0.05, 0.1) is 33.9 Å². The molecule has 0 bridgehead atoms. The number of furan rings is 1. The van der Waals surface area contributed by atoms with Crippen LogP contribution in [-0.4, -0.2) is 86.1 Å². The largest absolute Gasteiger partial charge is 0.472 e. The second-order valence-corrected chi connectivity index (χ2v) is 19.7. The summed E-state index contributed by atoms with van der Waals surface area (Å²) in [5, 5.41) is 9.59. The number of carbonyl (C=O) groups is 2. The monoisotopic (exact) mass is 921 g/mol. The molecule has 1 heterocycles. The number of unbranched alkanes of at least 4 members (excludes halogenated alkanes) is 12. The molecule has 0 radical (unpaired) electrons. The van der Waals surface area contributed by atoms with Crippen molar-refractivity contribution in [3.8, 4) is 0 Å². The molecule has 0 aliphatic rings. The molecule has 2 N–H and O–H groups in total. The Kier molecular flexibility index (Phi) is 34.5. The fraction of sp³-hybridized carbons (Fsp3) is 0.731. The van der Waals surface area contributed by atoms with Crippen LogP contribution in [0.3, 0.4) is 0 Å². The lowest BCUT2D eigenvalue weighted by molar-refractivity contribution is -0.870. The van der Waals surface area contributed by atoms with Gasteiger partial charge in [0.1, 0.15) is 31.3 Å². The lowest BCUT2D eigenvalue weighted by Crippen LogP contribution is -2.37. The lowest BCUT2D eigenvalue weighted by Gasteiger charge is -2.24. The summed E-state index contributed by atoms with van der Waals surface area (Å²) in [5.41, 5.74) is 2.69. The van der Waals surface area contributed by atoms with E-state index in [4.69, 9.17) is 22.9 Å². The number of allylic oxidation sites excluding steroid dienone is 8. The minimum absolute atomic E-state index is 0.00835. The predicted molar refractivity (Wildman–Crippen MR) is 261 cm³/mol. The number of phosphoric acid groups is 1. The van der Waals surface area contributed by atoms with E-state index in [0.717, 1.165) is 70.6 Å². The number of esters is 2. The molecule has 0 saturated carbocycles. The van der Waals surface area contributed by atoms with E-state index < -0.39 is 32.5 Å². The predicted octanol–water partition coefficient (Wildman–Crippen LogP) is 12.9. The maximum Gasteiger partial charge on any atom is 0.472 e. The standard InChI is InChI=1S/C52H90NO10P/c1-8-10-31-37-49-45(3)46(4)50(63-49)38-33-28-24-20-17-18-21-25-29-34-39-51(55)59-43-48(44-61-64(57,58)60-42-41-53(5,6)7)62-52(56)40-35-30-26-22-16-14-12-11-13-15-19-23-27-32-36-47(54)9-2/h12-15,22-23,26-27,47-48,54H,8-11,16-21,24-25,28-44H2,1-7H3/p+1/b14-12-,15-13-,26-22-,27-23-/t47-,48-/m1/s1. The van der Waals surface area contributed by atoms with Crippen molar-refractivity contribution in [2.24, 2.45) is 0 Å². The van der Waals surface area contributed by atoms with E-state index in [1.54, 1.807) is 0 Å². The van der Waals surface area contributed by atoms with Crippen LogP contribution in [-0.2, 0) is 45.5 Å². The number of ether oxygens (including phenoxy) is 2. The number of quaternary nitrogens is 1. The van der Waals surface area contributed by atoms with Crippen LogP contribution in [0.15, 0.2) is 53.0 Å².